The molecule has 1 spiro atoms. The third-order valence-corrected chi connectivity index (χ3v) is 6.74. The van der Waals surface area contributed by atoms with E-state index in [-0.39, 0.29) is 0 Å². The summed E-state index contributed by atoms with van der Waals surface area (Å²) < 4.78 is 6.36. The number of ether oxygens (including phenoxy) is 1. The van der Waals surface area contributed by atoms with Gasteiger partial charge in [-0.15, -0.1) is 11.8 Å². The summed E-state index contributed by atoms with van der Waals surface area (Å²) in [5.74, 6) is 2.79. The monoisotopic (exact) mass is 281 g/mol. The van der Waals surface area contributed by atoms with Crippen LogP contribution in [0.25, 0.3) is 0 Å². The second-order valence-corrected chi connectivity index (χ2v) is 8.41. The Balaban J connectivity index is 1.24. The van der Waals surface area contributed by atoms with Gasteiger partial charge in [0.25, 0.3) is 0 Å². The van der Waals surface area contributed by atoms with E-state index in [4.69, 9.17) is 4.74 Å². The summed E-state index contributed by atoms with van der Waals surface area (Å²) in [4.78, 5) is 14.2. The van der Waals surface area contributed by atoms with Crippen LogP contribution < -0.4 is 0 Å². The van der Waals surface area contributed by atoms with Crippen LogP contribution in [0.5, 0.6) is 0 Å². The van der Waals surface area contributed by atoms with Gasteiger partial charge in [0.2, 0.25) is 5.91 Å². The summed E-state index contributed by atoms with van der Waals surface area (Å²) in [5.41, 5.74) is 0. The lowest BCUT2D eigenvalue weighted by Crippen LogP contribution is -2.62. The van der Waals surface area contributed by atoms with Crippen molar-refractivity contribution in [1.29, 1.82) is 0 Å². The highest BCUT2D eigenvalue weighted by atomic mass is 32.2. The van der Waals surface area contributed by atoms with Gasteiger partial charge in [-0.1, -0.05) is 6.42 Å². The molecule has 0 aromatic rings. The molecular formula is C15H23NO2S. The van der Waals surface area contributed by atoms with Gasteiger partial charge in [-0.25, -0.2) is 0 Å². The first-order valence-electron chi connectivity index (χ1n) is 7.78. The van der Waals surface area contributed by atoms with Crippen LogP contribution in [0.4, 0.5) is 0 Å². The second kappa shape index (κ2) is 4.66. The van der Waals surface area contributed by atoms with Gasteiger partial charge < -0.3 is 9.64 Å². The topological polar surface area (TPSA) is 29.5 Å². The quantitative estimate of drug-likeness (QED) is 0.792. The van der Waals surface area contributed by atoms with Gasteiger partial charge in [0.15, 0.2) is 0 Å². The third kappa shape index (κ3) is 2.42. The number of carbonyl (C=O) groups is 1. The molecule has 4 fully saturated rings. The maximum absolute atomic E-state index is 12.1. The minimum atomic E-state index is 0.355. The lowest BCUT2D eigenvalue weighted by Gasteiger charge is -2.49. The van der Waals surface area contributed by atoms with E-state index < -0.39 is 0 Å². The lowest BCUT2D eigenvalue weighted by molar-refractivity contribution is -0.143. The van der Waals surface area contributed by atoms with Crippen LogP contribution in [-0.4, -0.2) is 47.1 Å². The normalized spacial score (nSPS) is 33.3. The fourth-order valence-corrected chi connectivity index (χ4v) is 4.96. The molecule has 1 unspecified atom stereocenters. The van der Waals surface area contributed by atoms with Crippen LogP contribution in [0, 0.1) is 11.8 Å². The standard InChI is InChI=1S/C15H23NO2S/c17-14(12-2-1-3-12)16-9-15(10-16)6-13(8-19-15)18-7-11-4-5-11/h11-13H,1-10H2. The van der Waals surface area contributed by atoms with Crippen LogP contribution >= 0.6 is 11.8 Å². The van der Waals surface area contributed by atoms with E-state index in [9.17, 15) is 4.79 Å². The van der Waals surface area contributed by atoms with Gasteiger partial charge in [-0.2, -0.15) is 0 Å². The van der Waals surface area contributed by atoms with Crippen molar-refractivity contribution < 1.29 is 9.53 Å². The zero-order chi connectivity index (χ0) is 12.9. The molecule has 2 saturated heterocycles. The number of rotatable bonds is 4. The molecule has 4 rings (SSSR count). The van der Waals surface area contributed by atoms with Crippen LogP contribution in [0.3, 0.4) is 0 Å². The molecule has 106 valence electrons. The Kier molecular flexibility index (Phi) is 3.07. The average molecular weight is 281 g/mol. The molecule has 3 nitrogen and oxygen atoms in total. The van der Waals surface area contributed by atoms with Gasteiger partial charge in [-0.05, 0) is 38.0 Å². The Morgan fingerprint density at radius 2 is 2.05 bits per heavy atom. The van der Waals surface area contributed by atoms with Gasteiger partial charge in [0.1, 0.15) is 0 Å². The molecule has 0 N–H and O–H groups in total. The van der Waals surface area contributed by atoms with Crippen molar-refractivity contribution in [2.24, 2.45) is 11.8 Å². The smallest absolute Gasteiger partial charge is 0.225 e. The summed E-state index contributed by atoms with van der Waals surface area (Å²) in [6.07, 6.45) is 7.86. The van der Waals surface area contributed by atoms with E-state index in [1.54, 1.807) is 0 Å². The van der Waals surface area contributed by atoms with E-state index in [0.29, 0.717) is 22.7 Å². The van der Waals surface area contributed by atoms with E-state index in [1.165, 1.54) is 25.7 Å². The first-order valence-corrected chi connectivity index (χ1v) is 8.77. The molecule has 1 atom stereocenters. The largest absolute Gasteiger partial charge is 0.377 e. The molecule has 4 aliphatic rings. The summed E-state index contributed by atoms with van der Waals surface area (Å²) in [6, 6.07) is 0. The fraction of sp³-hybridized carbons (Fsp3) is 0.933. The molecule has 2 saturated carbocycles. The fourth-order valence-electron chi connectivity index (χ4n) is 3.41. The minimum absolute atomic E-state index is 0.355. The first kappa shape index (κ1) is 12.5. The molecule has 0 aromatic carbocycles. The van der Waals surface area contributed by atoms with E-state index in [1.807, 2.05) is 0 Å². The number of carbonyl (C=O) groups excluding carboxylic acids is 1. The molecule has 4 heteroatoms. The summed E-state index contributed by atoms with van der Waals surface area (Å²) in [5, 5.41) is 0. The lowest BCUT2D eigenvalue weighted by atomic mass is 9.82. The predicted molar refractivity (Wildman–Crippen MR) is 76.2 cm³/mol. The van der Waals surface area contributed by atoms with Crippen molar-refractivity contribution in [1.82, 2.24) is 4.90 Å². The number of thioether (sulfide) groups is 1. The second-order valence-electron chi connectivity index (χ2n) is 6.92. The van der Waals surface area contributed by atoms with Gasteiger partial charge in [0, 0.05) is 31.4 Å². The molecule has 1 amide bonds. The maximum Gasteiger partial charge on any atom is 0.225 e. The molecule has 2 heterocycles. The van der Waals surface area contributed by atoms with Gasteiger partial charge in [0.05, 0.1) is 10.9 Å². The van der Waals surface area contributed by atoms with Crippen LogP contribution in [0.2, 0.25) is 0 Å². The number of nitrogens with zero attached hydrogens (tertiary/aromatic N) is 1. The van der Waals surface area contributed by atoms with E-state index in [0.717, 1.165) is 44.2 Å². The van der Waals surface area contributed by atoms with Crippen molar-refractivity contribution in [3.05, 3.63) is 0 Å². The number of amides is 1. The predicted octanol–water partition coefficient (Wildman–Crippen LogP) is 2.30. The number of hydrogen-bond acceptors (Lipinski definition) is 3. The highest BCUT2D eigenvalue weighted by molar-refractivity contribution is 8.01. The van der Waals surface area contributed by atoms with Crippen LogP contribution in [0.15, 0.2) is 0 Å². The van der Waals surface area contributed by atoms with Crippen molar-refractivity contribution in [2.45, 2.75) is 49.4 Å². The van der Waals surface area contributed by atoms with Crippen molar-refractivity contribution >= 4 is 17.7 Å². The zero-order valence-electron chi connectivity index (χ0n) is 11.5. The summed E-state index contributed by atoms with van der Waals surface area (Å²) in [7, 11) is 0. The summed E-state index contributed by atoms with van der Waals surface area (Å²) in [6.45, 7) is 2.94. The summed E-state index contributed by atoms with van der Waals surface area (Å²) >= 11 is 2.05. The third-order valence-electron chi connectivity index (χ3n) is 5.16. The highest BCUT2D eigenvalue weighted by Crippen LogP contribution is 2.47. The molecule has 2 aliphatic carbocycles. The van der Waals surface area contributed by atoms with Gasteiger partial charge >= 0.3 is 0 Å². The number of likely N-dealkylation sites (tertiary alicyclic amines) is 1. The molecule has 2 aliphatic heterocycles. The Morgan fingerprint density at radius 1 is 1.26 bits per heavy atom. The van der Waals surface area contributed by atoms with Crippen molar-refractivity contribution in [2.75, 3.05) is 25.4 Å². The van der Waals surface area contributed by atoms with Gasteiger partial charge in [-0.3, -0.25) is 4.79 Å². The average Bonchev–Trinajstić information content (AvgIpc) is 3.00. The SMILES string of the molecule is O=C(C1CCC1)N1CC2(CC(OCC3CC3)CS2)C1. The molecule has 19 heavy (non-hydrogen) atoms. The van der Waals surface area contributed by atoms with E-state index >= 15 is 0 Å². The van der Waals surface area contributed by atoms with Crippen molar-refractivity contribution in [3.63, 3.8) is 0 Å². The Bertz CT molecular complexity index is 372. The Morgan fingerprint density at radius 3 is 2.68 bits per heavy atom. The zero-order valence-corrected chi connectivity index (χ0v) is 12.3. The number of hydrogen-bond donors (Lipinski definition) is 0. The highest BCUT2D eigenvalue weighted by Gasteiger charge is 2.52. The van der Waals surface area contributed by atoms with E-state index in [2.05, 4.69) is 16.7 Å². The van der Waals surface area contributed by atoms with Crippen molar-refractivity contribution in [3.8, 4) is 0 Å². The minimum Gasteiger partial charge on any atom is -0.377 e. The first-order chi connectivity index (χ1) is 9.24. The maximum atomic E-state index is 12.1. The molecule has 0 radical (unpaired) electrons. The molecule has 0 bridgehead atoms. The Hall–Kier alpha value is -0.220. The van der Waals surface area contributed by atoms with Crippen LogP contribution in [-0.2, 0) is 9.53 Å². The molecular weight excluding hydrogens is 258 g/mol. The van der Waals surface area contributed by atoms with Crippen LogP contribution in [0.1, 0.15) is 38.5 Å². The molecule has 0 aromatic heterocycles. The Labute approximate surface area is 119 Å².